The first-order valence-electron chi connectivity index (χ1n) is 10.2. The fraction of sp³-hybridized carbons (Fsp3) is 0.261. The second-order valence-corrected chi connectivity index (χ2v) is 7.17. The zero-order valence-electron chi connectivity index (χ0n) is 18.3. The lowest BCUT2D eigenvalue weighted by Crippen LogP contribution is -2.28. The number of benzene rings is 2. The van der Waals surface area contributed by atoms with Crippen LogP contribution in [0.2, 0.25) is 0 Å². The Hall–Kier alpha value is -3.86. The van der Waals surface area contributed by atoms with Gasteiger partial charge < -0.3 is 19.9 Å². The van der Waals surface area contributed by atoms with E-state index < -0.39 is 30.1 Å². The smallest absolute Gasteiger partial charge is 0.462 e. The SMILES string of the molecule is CCOC(=O)c1cnn(-c2ccc(C(=O)NCC(O)c3ccc(OC(F)(F)F)cc3)cc2)c1C. The molecule has 3 aromatic rings. The van der Waals surface area contributed by atoms with Crippen LogP contribution in [-0.2, 0) is 4.74 Å². The number of aromatic nitrogens is 2. The van der Waals surface area contributed by atoms with E-state index in [0.717, 1.165) is 12.1 Å². The summed E-state index contributed by atoms with van der Waals surface area (Å²) in [6.07, 6.45) is -4.52. The first kappa shape index (κ1) is 24.8. The highest BCUT2D eigenvalue weighted by Crippen LogP contribution is 2.24. The molecule has 11 heteroatoms. The number of hydrogen-bond donors (Lipinski definition) is 2. The van der Waals surface area contributed by atoms with E-state index in [1.165, 1.54) is 18.3 Å². The lowest BCUT2D eigenvalue weighted by atomic mass is 10.1. The van der Waals surface area contributed by atoms with Crippen LogP contribution in [0.5, 0.6) is 5.75 Å². The quantitative estimate of drug-likeness (QED) is 0.480. The monoisotopic (exact) mass is 477 g/mol. The van der Waals surface area contributed by atoms with Crippen molar-refractivity contribution in [2.24, 2.45) is 0 Å². The molecule has 1 atom stereocenters. The van der Waals surface area contributed by atoms with Gasteiger partial charge in [-0.15, -0.1) is 13.2 Å². The summed E-state index contributed by atoms with van der Waals surface area (Å²) in [5, 5.41) is 17.0. The Morgan fingerprint density at radius 1 is 1.12 bits per heavy atom. The Kier molecular flexibility index (Phi) is 7.57. The third-order valence-electron chi connectivity index (χ3n) is 4.83. The number of alkyl halides is 3. The molecule has 8 nitrogen and oxygen atoms in total. The number of carbonyl (C=O) groups is 2. The molecule has 3 rings (SSSR count). The second-order valence-electron chi connectivity index (χ2n) is 7.17. The number of aliphatic hydroxyl groups is 1. The van der Waals surface area contributed by atoms with Crippen molar-refractivity contribution in [3.8, 4) is 11.4 Å². The van der Waals surface area contributed by atoms with Crippen molar-refractivity contribution in [2.75, 3.05) is 13.2 Å². The molecule has 0 aliphatic rings. The lowest BCUT2D eigenvalue weighted by Gasteiger charge is -2.14. The number of aliphatic hydroxyl groups excluding tert-OH is 1. The van der Waals surface area contributed by atoms with Crippen LogP contribution in [0.25, 0.3) is 5.69 Å². The number of hydrogen-bond acceptors (Lipinski definition) is 6. The molecule has 0 aliphatic heterocycles. The first-order valence-corrected chi connectivity index (χ1v) is 10.2. The molecule has 0 aliphatic carbocycles. The van der Waals surface area contributed by atoms with E-state index in [-0.39, 0.29) is 13.2 Å². The molecule has 180 valence electrons. The number of halogens is 3. The number of amides is 1. The van der Waals surface area contributed by atoms with Crippen LogP contribution in [0, 0.1) is 6.92 Å². The molecule has 1 amide bonds. The van der Waals surface area contributed by atoms with Gasteiger partial charge in [0.2, 0.25) is 0 Å². The van der Waals surface area contributed by atoms with E-state index in [0.29, 0.717) is 28.1 Å². The molecule has 0 saturated heterocycles. The summed E-state index contributed by atoms with van der Waals surface area (Å²) in [5.74, 6) is -1.33. The molecule has 0 radical (unpaired) electrons. The van der Waals surface area contributed by atoms with Crippen LogP contribution in [0.15, 0.2) is 54.7 Å². The minimum atomic E-state index is -4.80. The average Bonchev–Trinajstić information content (AvgIpc) is 3.18. The molecule has 2 N–H and O–H groups in total. The highest BCUT2D eigenvalue weighted by molar-refractivity contribution is 5.94. The summed E-state index contributed by atoms with van der Waals surface area (Å²) >= 11 is 0. The maximum atomic E-state index is 12.4. The number of rotatable bonds is 8. The summed E-state index contributed by atoms with van der Waals surface area (Å²) in [6, 6.07) is 11.2. The van der Waals surface area contributed by atoms with Crippen LogP contribution < -0.4 is 10.1 Å². The Balaban J connectivity index is 1.59. The van der Waals surface area contributed by atoms with Gasteiger partial charge in [0.1, 0.15) is 11.3 Å². The fourth-order valence-corrected chi connectivity index (χ4v) is 3.13. The van der Waals surface area contributed by atoms with Crippen LogP contribution >= 0.6 is 0 Å². The van der Waals surface area contributed by atoms with Crippen molar-refractivity contribution in [2.45, 2.75) is 26.3 Å². The Labute approximate surface area is 192 Å². The molecule has 2 aromatic carbocycles. The summed E-state index contributed by atoms with van der Waals surface area (Å²) < 4.78 is 47.0. The average molecular weight is 477 g/mol. The van der Waals surface area contributed by atoms with Gasteiger partial charge in [-0.3, -0.25) is 4.79 Å². The van der Waals surface area contributed by atoms with E-state index in [2.05, 4.69) is 15.2 Å². The molecule has 0 fully saturated rings. The molecular formula is C23H22F3N3O5. The summed E-state index contributed by atoms with van der Waals surface area (Å²) in [5.41, 5.74) is 2.20. The van der Waals surface area contributed by atoms with Crippen molar-refractivity contribution >= 4 is 11.9 Å². The highest BCUT2D eigenvalue weighted by atomic mass is 19.4. The predicted molar refractivity (Wildman–Crippen MR) is 115 cm³/mol. The normalized spacial score (nSPS) is 12.2. The largest absolute Gasteiger partial charge is 0.573 e. The summed E-state index contributed by atoms with van der Waals surface area (Å²) in [4.78, 5) is 24.4. The highest BCUT2D eigenvalue weighted by Gasteiger charge is 2.31. The third-order valence-corrected chi connectivity index (χ3v) is 4.83. The van der Waals surface area contributed by atoms with Gasteiger partial charge in [-0.25, -0.2) is 9.48 Å². The van der Waals surface area contributed by atoms with Crippen molar-refractivity contribution in [3.63, 3.8) is 0 Å². The maximum Gasteiger partial charge on any atom is 0.573 e. The van der Waals surface area contributed by atoms with Crippen LogP contribution in [0.1, 0.15) is 45.0 Å². The zero-order chi connectivity index (χ0) is 24.9. The van der Waals surface area contributed by atoms with E-state index in [4.69, 9.17) is 4.74 Å². The van der Waals surface area contributed by atoms with Crippen LogP contribution in [0.4, 0.5) is 13.2 Å². The van der Waals surface area contributed by atoms with Gasteiger partial charge in [0, 0.05) is 12.1 Å². The zero-order valence-corrected chi connectivity index (χ0v) is 18.3. The maximum absolute atomic E-state index is 12.4. The van der Waals surface area contributed by atoms with Gasteiger partial charge in [0.05, 0.1) is 30.3 Å². The number of ether oxygens (including phenoxy) is 2. The van der Waals surface area contributed by atoms with Gasteiger partial charge >= 0.3 is 12.3 Å². The molecule has 0 bridgehead atoms. The second kappa shape index (κ2) is 10.4. The third kappa shape index (κ3) is 6.13. The minimum Gasteiger partial charge on any atom is -0.462 e. The van der Waals surface area contributed by atoms with Gasteiger partial charge in [-0.1, -0.05) is 12.1 Å². The standard InChI is InChI=1S/C23H22F3N3O5/c1-3-33-22(32)19-12-28-29(14(19)2)17-8-4-16(5-9-17)21(31)27-13-20(30)15-6-10-18(11-7-15)34-23(24,25)26/h4-12,20,30H,3,13H2,1-2H3,(H,27,31). The number of nitrogens with zero attached hydrogens (tertiary/aromatic N) is 2. The minimum absolute atomic E-state index is 0.152. The van der Waals surface area contributed by atoms with Gasteiger partial charge in [0.25, 0.3) is 5.91 Å². The van der Waals surface area contributed by atoms with Gasteiger partial charge in [0.15, 0.2) is 0 Å². The Bertz CT molecular complexity index is 1140. The van der Waals surface area contributed by atoms with Crippen LogP contribution in [-0.4, -0.2) is 46.3 Å². The molecule has 1 heterocycles. The molecule has 0 spiro atoms. The van der Waals surface area contributed by atoms with E-state index >= 15 is 0 Å². The molecule has 1 unspecified atom stereocenters. The Morgan fingerprint density at radius 2 is 1.76 bits per heavy atom. The lowest BCUT2D eigenvalue weighted by molar-refractivity contribution is -0.274. The summed E-state index contributed by atoms with van der Waals surface area (Å²) in [7, 11) is 0. The molecular weight excluding hydrogens is 455 g/mol. The number of nitrogens with one attached hydrogen (secondary N) is 1. The van der Waals surface area contributed by atoms with Crippen molar-refractivity contribution in [3.05, 3.63) is 77.1 Å². The van der Waals surface area contributed by atoms with Crippen molar-refractivity contribution in [1.29, 1.82) is 0 Å². The molecule has 34 heavy (non-hydrogen) atoms. The Morgan fingerprint density at radius 3 is 2.35 bits per heavy atom. The van der Waals surface area contributed by atoms with Crippen molar-refractivity contribution < 1.29 is 37.3 Å². The predicted octanol–water partition coefficient (Wildman–Crippen LogP) is 3.72. The molecule has 1 aromatic heterocycles. The first-order chi connectivity index (χ1) is 16.1. The molecule has 0 saturated carbocycles. The van der Waals surface area contributed by atoms with E-state index in [9.17, 15) is 27.9 Å². The van der Waals surface area contributed by atoms with E-state index in [1.807, 2.05) is 0 Å². The number of esters is 1. The van der Waals surface area contributed by atoms with Gasteiger partial charge in [-0.2, -0.15) is 5.10 Å². The number of carbonyl (C=O) groups excluding carboxylic acids is 2. The topological polar surface area (TPSA) is 103 Å². The van der Waals surface area contributed by atoms with E-state index in [1.54, 1.807) is 42.8 Å². The summed E-state index contributed by atoms with van der Waals surface area (Å²) in [6.45, 7) is 3.54. The van der Waals surface area contributed by atoms with Crippen molar-refractivity contribution in [1.82, 2.24) is 15.1 Å². The van der Waals surface area contributed by atoms with Gasteiger partial charge in [-0.05, 0) is 55.8 Å². The fourth-order valence-electron chi connectivity index (χ4n) is 3.13. The van der Waals surface area contributed by atoms with Crippen LogP contribution in [0.3, 0.4) is 0 Å².